The zero-order valence-corrected chi connectivity index (χ0v) is 17.8. The monoisotopic (exact) mass is 467 g/mol. The summed E-state index contributed by atoms with van der Waals surface area (Å²) in [5.41, 5.74) is -1.41. The van der Waals surface area contributed by atoms with E-state index in [1.165, 1.54) is 28.4 Å². The van der Waals surface area contributed by atoms with Gasteiger partial charge in [-0.3, -0.25) is 0 Å². The Hall–Kier alpha value is -2.50. The fraction of sp³-hybridized carbons (Fsp3) is 0.350. The van der Waals surface area contributed by atoms with E-state index in [2.05, 4.69) is 0 Å². The zero-order chi connectivity index (χ0) is 22.3. The Morgan fingerprint density at radius 2 is 1.94 bits per heavy atom. The Bertz CT molecular complexity index is 1040. The molecule has 2 aromatic rings. The lowest BCUT2D eigenvalue weighted by atomic mass is 9.96. The number of aliphatic hydroxyl groups excluding tert-OH is 2. The first-order chi connectivity index (χ1) is 14.8. The summed E-state index contributed by atoms with van der Waals surface area (Å²) in [6.07, 6.45) is -5.45. The Morgan fingerprint density at radius 1 is 1.23 bits per heavy atom. The molecule has 3 unspecified atom stereocenters. The second-order valence-electron chi connectivity index (χ2n) is 7.02. The molecule has 0 saturated carbocycles. The Morgan fingerprint density at radius 3 is 2.65 bits per heavy atom. The number of fused-ring (bicyclic) bond motifs is 2. The van der Waals surface area contributed by atoms with Crippen molar-refractivity contribution in [1.29, 1.82) is 0 Å². The molecule has 11 heteroatoms. The maximum absolute atomic E-state index is 13.3. The van der Waals surface area contributed by atoms with E-state index in [4.69, 9.17) is 25.8 Å². The molecule has 0 spiro atoms. The van der Waals surface area contributed by atoms with E-state index in [9.17, 15) is 24.6 Å². The van der Waals surface area contributed by atoms with Gasteiger partial charge in [0.05, 0.1) is 7.11 Å². The van der Waals surface area contributed by atoms with Gasteiger partial charge in [0.1, 0.15) is 0 Å². The molecule has 0 radical (unpaired) electrons. The highest BCUT2D eigenvalue weighted by atomic mass is 35.5. The number of halogens is 1. The molecule has 4 rings (SSSR count). The van der Waals surface area contributed by atoms with Crippen LogP contribution < -0.4 is 0 Å². The molecule has 2 aliphatic rings. The molecule has 1 aromatic carbocycles. The smallest absolute Gasteiger partial charge is 0.371 e. The van der Waals surface area contributed by atoms with E-state index in [1.807, 2.05) is 11.4 Å². The fourth-order valence-electron chi connectivity index (χ4n) is 3.74. The number of aliphatic hydroxyl groups is 2. The van der Waals surface area contributed by atoms with Gasteiger partial charge >= 0.3 is 17.9 Å². The molecule has 1 fully saturated rings. The average Bonchev–Trinajstić information content (AvgIpc) is 3.23. The van der Waals surface area contributed by atoms with Crippen molar-refractivity contribution in [3.63, 3.8) is 0 Å². The number of methoxy groups -OCH3 is 1. The Balaban J connectivity index is 1.98. The van der Waals surface area contributed by atoms with Crippen molar-refractivity contribution in [1.82, 2.24) is 4.90 Å². The lowest BCUT2D eigenvalue weighted by Crippen LogP contribution is -2.61. The molecular weight excluding hydrogens is 450 g/mol. The normalized spacial score (nSPS) is 28.8. The van der Waals surface area contributed by atoms with Crippen molar-refractivity contribution < 1.29 is 38.8 Å². The summed E-state index contributed by atoms with van der Waals surface area (Å²) in [4.78, 5) is 40.7. The topological polar surface area (TPSA) is 123 Å². The number of benzene rings is 1. The summed E-state index contributed by atoms with van der Waals surface area (Å²) in [6, 6.07) is 8.00. The standard InChI is InChI=1S/C20H18ClNO8S/c1-28-19(27)20(11-4-2-3-5-12(11)21)22-9-10-6-7-31-13(10)8-14(22)29-17(25)15(23)16(24)18(26)30-20/h2-7,14-16,23-24H,8-9H2,1H3/t14?,15?,16?,20-/m0/s1. The van der Waals surface area contributed by atoms with Crippen LogP contribution in [-0.4, -0.2) is 58.6 Å². The zero-order valence-electron chi connectivity index (χ0n) is 16.2. The predicted octanol–water partition coefficient (Wildman–Crippen LogP) is 0.933. The highest BCUT2D eigenvalue weighted by Gasteiger charge is 2.58. The van der Waals surface area contributed by atoms with Crippen molar-refractivity contribution in [3.8, 4) is 0 Å². The van der Waals surface area contributed by atoms with Gasteiger partial charge in [-0.1, -0.05) is 29.8 Å². The minimum atomic E-state index is -2.29. The number of carbonyl (C=O) groups excluding carboxylic acids is 3. The largest absolute Gasteiger partial charge is 0.465 e. The van der Waals surface area contributed by atoms with Crippen LogP contribution in [0.3, 0.4) is 0 Å². The van der Waals surface area contributed by atoms with Gasteiger partial charge in [-0.15, -0.1) is 11.3 Å². The molecule has 1 aromatic heterocycles. The van der Waals surface area contributed by atoms with Gasteiger partial charge < -0.3 is 24.4 Å². The number of hydrogen-bond donors (Lipinski definition) is 2. The fourth-order valence-corrected chi connectivity index (χ4v) is 4.92. The van der Waals surface area contributed by atoms with E-state index in [0.717, 1.165) is 17.6 Å². The Kier molecular flexibility index (Phi) is 5.75. The van der Waals surface area contributed by atoms with Crippen molar-refractivity contribution in [2.45, 2.75) is 37.1 Å². The second kappa shape index (κ2) is 8.21. The molecular formula is C20H18ClNO8S. The second-order valence-corrected chi connectivity index (χ2v) is 8.43. The van der Waals surface area contributed by atoms with E-state index >= 15 is 0 Å². The van der Waals surface area contributed by atoms with Crippen LogP contribution in [0.15, 0.2) is 35.7 Å². The van der Waals surface area contributed by atoms with Gasteiger partial charge in [-0.2, -0.15) is 0 Å². The van der Waals surface area contributed by atoms with Crippen molar-refractivity contribution in [2.75, 3.05) is 7.11 Å². The summed E-state index contributed by atoms with van der Waals surface area (Å²) in [7, 11) is 1.10. The first kappa shape index (κ1) is 21.7. The van der Waals surface area contributed by atoms with Crippen LogP contribution in [0.25, 0.3) is 0 Å². The van der Waals surface area contributed by atoms with E-state index in [1.54, 1.807) is 12.1 Å². The summed E-state index contributed by atoms with van der Waals surface area (Å²) >= 11 is 7.83. The lowest BCUT2D eigenvalue weighted by Gasteiger charge is -2.45. The number of ether oxygens (including phenoxy) is 3. The van der Waals surface area contributed by atoms with Crippen LogP contribution in [0.2, 0.25) is 5.02 Å². The van der Waals surface area contributed by atoms with Crippen molar-refractivity contribution in [2.24, 2.45) is 0 Å². The minimum absolute atomic E-state index is 0.0383. The number of rotatable bonds is 2. The van der Waals surface area contributed by atoms with Crippen LogP contribution in [0.4, 0.5) is 0 Å². The molecule has 1 saturated heterocycles. The molecule has 2 N–H and O–H groups in total. The predicted molar refractivity (Wildman–Crippen MR) is 107 cm³/mol. The van der Waals surface area contributed by atoms with E-state index < -0.39 is 42.1 Å². The third-order valence-corrected chi connectivity index (χ3v) is 6.59. The van der Waals surface area contributed by atoms with E-state index in [-0.39, 0.29) is 23.6 Å². The number of carbonyl (C=O) groups is 3. The average molecular weight is 468 g/mol. The molecule has 3 heterocycles. The van der Waals surface area contributed by atoms with Gasteiger partial charge in [-0.05, 0) is 23.1 Å². The van der Waals surface area contributed by atoms with Gasteiger partial charge in [-0.25, -0.2) is 19.3 Å². The summed E-state index contributed by atoms with van der Waals surface area (Å²) in [6.45, 7) is 0.0383. The highest BCUT2D eigenvalue weighted by molar-refractivity contribution is 7.10. The molecule has 2 aliphatic heterocycles. The number of cyclic esters (lactones) is 1. The maximum Gasteiger partial charge on any atom is 0.371 e. The quantitative estimate of drug-likeness (QED) is 0.490. The van der Waals surface area contributed by atoms with Crippen LogP contribution in [-0.2, 0) is 47.3 Å². The molecule has 0 amide bonds. The van der Waals surface area contributed by atoms with Crippen molar-refractivity contribution >= 4 is 40.8 Å². The van der Waals surface area contributed by atoms with Crippen LogP contribution in [0, 0.1) is 0 Å². The molecule has 0 aliphatic carbocycles. The van der Waals surface area contributed by atoms with Gasteiger partial charge in [0.25, 0.3) is 5.72 Å². The molecule has 0 bridgehead atoms. The van der Waals surface area contributed by atoms with Crippen LogP contribution >= 0.6 is 22.9 Å². The van der Waals surface area contributed by atoms with Crippen LogP contribution in [0.5, 0.6) is 0 Å². The summed E-state index contributed by atoms with van der Waals surface area (Å²) < 4.78 is 16.0. The first-order valence-corrected chi connectivity index (χ1v) is 10.5. The van der Waals surface area contributed by atoms with Gasteiger partial charge in [0.15, 0.2) is 18.4 Å². The summed E-state index contributed by atoms with van der Waals surface area (Å²) in [5, 5.41) is 22.2. The maximum atomic E-state index is 13.3. The summed E-state index contributed by atoms with van der Waals surface area (Å²) in [5.74, 6) is -3.65. The number of thiophene rings is 1. The highest BCUT2D eigenvalue weighted by Crippen LogP contribution is 2.43. The molecule has 31 heavy (non-hydrogen) atoms. The third kappa shape index (κ3) is 3.50. The third-order valence-electron chi connectivity index (χ3n) is 5.27. The van der Waals surface area contributed by atoms with Gasteiger partial charge in [0, 0.05) is 28.4 Å². The number of esters is 3. The van der Waals surface area contributed by atoms with E-state index in [0.29, 0.717) is 0 Å². The van der Waals surface area contributed by atoms with Crippen molar-refractivity contribution in [3.05, 3.63) is 56.7 Å². The van der Waals surface area contributed by atoms with Crippen LogP contribution in [0.1, 0.15) is 16.0 Å². The molecule has 9 nitrogen and oxygen atoms in total. The first-order valence-electron chi connectivity index (χ1n) is 9.24. The lowest BCUT2D eigenvalue weighted by molar-refractivity contribution is -0.237. The SMILES string of the molecule is COC(=O)[C@]1(c2ccccc2Cl)OC(=O)C(O)C(O)C(=O)OC2Cc3sccc3CN21. The molecule has 164 valence electrons. The molecule has 4 atom stereocenters. The number of hydrogen-bond acceptors (Lipinski definition) is 10. The minimum Gasteiger partial charge on any atom is -0.465 e. The van der Waals surface area contributed by atoms with Gasteiger partial charge in [0.2, 0.25) is 0 Å². The number of nitrogens with zero attached hydrogens (tertiary/aromatic N) is 1. The Labute approximate surface area is 185 Å².